The van der Waals surface area contributed by atoms with Gasteiger partial charge in [0.1, 0.15) is 11.5 Å². The molecule has 2 N–H and O–H groups in total. The Bertz CT molecular complexity index is 571. The number of anilines is 1. The minimum Gasteiger partial charge on any atom is -0.372 e. The van der Waals surface area contributed by atoms with Crippen LogP contribution in [0, 0.1) is 0 Å². The van der Waals surface area contributed by atoms with Gasteiger partial charge in [0.15, 0.2) is 0 Å². The van der Waals surface area contributed by atoms with Gasteiger partial charge < -0.3 is 10.6 Å². The van der Waals surface area contributed by atoms with Crippen LogP contribution < -0.4 is 10.6 Å². The number of hydrogen-bond acceptors (Lipinski definition) is 4. The van der Waals surface area contributed by atoms with E-state index < -0.39 is 0 Å². The van der Waals surface area contributed by atoms with Crippen molar-refractivity contribution in [3.63, 3.8) is 0 Å². The predicted molar refractivity (Wildman–Crippen MR) is 78.8 cm³/mol. The molecular weight excluding hydrogens is 252 g/mol. The van der Waals surface area contributed by atoms with Crippen LogP contribution in [0.4, 0.5) is 5.82 Å². The van der Waals surface area contributed by atoms with Crippen molar-refractivity contribution in [1.82, 2.24) is 15.3 Å². The summed E-state index contributed by atoms with van der Waals surface area (Å²) in [6.07, 6.45) is 3.03. The smallest absolute Gasteiger partial charge is 0.271 e. The molecule has 1 unspecified atom stereocenters. The molecule has 104 valence electrons. The molecule has 0 saturated carbocycles. The molecule has 2 rings (SSSR count). The zero-order valence-electron chi connectivity index (χ0n) is 11.6. The van der Waals surface area contributed by atoms with Crippen molar-refractivity contribution in [1.29, 1.82) is 0 Å². The van der Waals surface area contributed by atoms with Gasteiger partial charge in [-0.2, -0.15) is 0 Å². The summed E-state index contributed by atoms with van der Waals surface area (Å²) in [6.45, 7) is 2.64. The first-order chi connectivity index (χ1) is 9.70. The molecule has 0 bridgehead atoms. The molecule has 1 aromatic heterocycles. The van der Waals surface area contributed by atoms with Gasteiger partial charge in [-0.05, 0) is 11.5 Å². The van der Waals surface area contributed by atoms with Crippen molar-refractivity contribution in [3.8, 4) is 0 Å². The first-order valence-corrected chi connectivity index (χ1v) is 6.53. The third kappa shape index (κ3) is 3.54. The molecule has 0 spiro atoms. The highest BCUT2D eigenvalue weighted by Gasteiger charge is 2.11. The molecule has 0 aliphatic heterocycles. The second-order valence-electron chi connectivity index (χ2n) is 4.56. The minimum absolute atomic E-state index is 0.211. The largest absolute Gasteiger partial charge is 0.372 e. The molecule has 0 radical (unpaired) electrons. The Morgan fingerprint density at radius 1 is 1.25 bits per heavy atom. The number of carbonyl (C=O) groups is 1. The number of carbonyl (C=O) groups excluding carboxylic acids is 1. The summed E-state index contributed by atoms with van der Waals surface area (Å²) in [6, 6.07) is 10.1. The number of hydrogen-bond donors (Lipinski definition) is 2. The Labute approximate surface area is 118 Å². The number of amides is 1. The van der Waals surface area contributed by atoms with E-state index in [2.05, 4.69) is 39.7 Å². The summed E-state index contributed by atoms with van der Waals surface area (Å²) in [5.74, 6) is 0.617. The SMILES string of the molecule is CNc1cncc(C(=O)NCC(C)c2ccccc2)n1. The Kier molecular flexibility index (Phi) is 4.65. The number of nitrogens with zero attached hydrogens (tertiary/aromatic N) is 2. The van der Waals surface area contributed by atoms with E-state index >= 15 is 0 Å². The van der Waals surface area contributed by atoms with Crippen LogP contribution in [0.2, 0.25) is 0 Å². The number of nitrogens with one attached hydrogen (secondary N) is 2. The highest BCUT2D eigenvalue weighted by molar-refractivity contribution is 5.92. The van der Waals surface area contributed by atoms with Crippen molar-refractivity contribution >= 4 is 11.7 Å². The summed E-state index contributed by atoms with van der Waals surface area (Å²) in [4.78, 5) is 20.1. The molecule has 0 fully saturated rings. The van der Waals surface area contributed by atoms with Gasteiger partial charge in [-0.15, -0.1) is 0 Å². The van der Waals surface area contributed by atoms with E-state index in [-0.39, 0.29) is 11.8 Å². The lowest BCUT2D eigenvalue weighted by Crippen LogP contribution is -2.28. The summed E-state index contributed by atoms with van der Waals surface area (Å²) in [5.41, 5.74) is 1.51. The van der Waals surface area contributed by atoms with Crippen molar-refractivity contribution in [3.05, 3.63) is 54.0 Å². The summed E-state index contributed by atoms with van der Waals surface area (Å²) < 4.78 is 0. The number of aromatic nitrogens is 2. The third-order valence-corrected chi connectivity index (χ3v) is 3.06. The Morgan fingerprint density at radius 2 is 2.00 bits per heavy atom. The third-order valence-electron chi connectivity index (χ3n) is 3.06. The molecule has 20 heavy (non-hydrogen) atoms. The monoisotopic (exact) mass is 270 g/mol. The molecule has 1 amide bonds. The van der Waals surface area contributed by atoms with Gasteiger partial charge in [-0.1, -0.05) is 37.3 Å². The van der Waals surface area contributed by atoms with Gasteiger partial charge in [-0.3, -0.25) is 9.78 Å². The second kappa shape index (κ2) is 6.65. The fourth-order valence-electron chi connectivity index (χ4n) is 1.83. The normalized spacial score (nSPS) is 11.7. The van der Waals surface area contributed by atoms with Crippen LogP contribution in [0.3, 0.4) is 0 Å². The van der Waals surface area contributed by atoms with Crippen LogP contribution in [-0.4, -0.2) is 29.5 Å². The van der Waals surface area contributed by atoms with Crippen LogP contribution >= 0.6 is 0 Å². The molecule has 0 aliphatic carbocycles. The van der Waals surface area contributed by atoms with E-state index in [4.69, 9.17) is 0 Å². The average Bonchev–Trinajstić information content (AvgIpc) is 2.53. The van der Waals surface area contributed by atoms with Crippen LogP contribution in [-0.2, 0) is 0 Å². The van der Waals surface area contributed by atoms with Crippen molar-refractivity contribution in [2.24, 2.45) is 0 Å². The van der Waals surface area contributed by atoms with E-state index in [1.807, 2.05) is 18.2 Å². The van der Waals surface area contributed by atoms with Gasteiger partial charge in [0, 0.05) is 13.6 Å². The zero-order valence-corrected chi connectivity index (χ0v) is 11.6. The van der Waals surface area contributed by atoms with Gasteiger partial charge in [0.05, 0.1) is 12.4 Å². The molecule has 5 heteroatoms. The Hall–Kier alpha value is -2.43. The van der Waals surface area contributed by atoms with E-state index in [0.717, 1.165) is 0 Å². The Morgan fingerprint density at radius 3 is 2.70 bits per heavy atom. The maximum atomic E-state index is 12.0. The van der Waals surface area contributed by atoms with Crippen LogP contribution in [0.15, 0.2) is 42.7 Å². The quantitative estimate of drug-likeness (QED) is 0.872. The van der Waals surface area contributed by atoms with Gasteiger partial charge >= 0.3 is 0 Å². The average molecular weight is 270 g/mol. The van der Waals surface area contributed by atoms with E-state index in [9.17, 15) is 4.79 Å². The van der Waals surface area contributed by atoms with Gasteiger partial charge in [-0.25, -0.2) is 4.98 Å². The highest BCUT2D eigenvalue weighted by atomic mass is 16.1. The summed E-state index contributed by atoms with van der Waals surface area (Å²) >= 11 is 0. The standard InChI is InChI=1S/C15H18N4O/c1-11(12-6-4-3-5-7-12)8-18-15(20)13-9-17-10-14(16-2)19-13/h3-7,9-11H,8H2,1-2H3,(H,16,19)(H,18,20). The molecule has 1 aromatic carbocycles. The predicted octanol–water partition coefficient (Wildman–Crippen LogP) is 2.05. The van der Waals surface area contributed by atoms with E-state index in [1.165, 1.54) is 11.8 Å². The summed E-state index contributed by atoms with van der Waals surface area (Å²) in [7, 11) is 1.74. The van der Waals surface area contributed by atoms with Crippen LogP contribution in [0.1, 0.15) is 28.9 Å². The van der Waals surface area contributed by atoms with E-state index in [0.29, 0.717) is 18.1 Å². The molecule has 2 aromatic rings. The first-order valence-electron chi connectivity index (χ1n) is 6.53. The maximum absolute atomic E-state index is 12.0. The fraction of sp³-hybridized carbons (Fsp3) is 0.267. The molecular formula is C15H18N4O. The van der Waals surface area contributed by atoms with Crippen LogP contribution in [0.25, 0.3) is 0 Å². The lowest BCUT2D eigenvalue weighted by atomic mass is 10.0. The highest BCUT2D eigenvalue weighted by Crippen LogP contribution is 2.13. The van der Waals surface area contributed by atoms with Gasteiger partial charge in [0.25, 0.3) is 5.91 Å². The van der Waals surface area contributed by atoms with Crippen molar-refractivity contribution in [2.75, 3.05) is 18.9 Å². The second-order valence-corrected chi connectivity index (χ2v) is 4.56. The van der Waals surface area contributed by atoms with Crippen LogP contribution in [0.5, 0.6) is 0 Å². The molecule has 0 aliphatic rings. The zero-order chi connectivity index (χ0) is 14.4. The molecule has 0 saturated heterocycles. The lowest BCUT2D eigenvalue weighted by Gasteiger charge is -2.12. The summed E-state index contributed by atoms with van der Waals surface area (Å²) in [5, 5.41) is 5.74. The molecule has 1 heterocycles. The minimum atomic E-state index is -0.211. The molecule has 5 nitrogen and oxygen atoms in total. The number of benzene rings is 1. The number of rotatable bonds is 5. The first kappa shape index (κ1) is 14.0. The maximum Gasteiger partial charge on any atom is 0.271 e. The van der Waals surface area contributed by atoms with Crippen molar-refractivity contribution < 1.29 is 4.79 Å². The van der Waals surface area contributed by atoms with Crippen molar-refractivity contribution in [2.45, 2.75) is 12.8 Å². The topological polar surface area (TPSA) is 66.9 Å². The Balaban J connectivity index is 1.95. The van der Waals surface area contributed by atoms with Gasteiger partial charge in [0.2, 0.25) is 0 Å². The van der Waals surface area contributed by atoms with E-state index in [1.54, 1.807) is 13.2 Å². The lowest BCUT2D eigenvalue weighted by molar-refractivity contribution is 0.0946. The fourth-order valence-corrected chi connectivity index (χ4v) is 1.83. The molecule has 1 atom stereocenters.